The van der Waals surface area contributed by atoms with E-state index in [-0.39, 0.29) is 12.5 Å². The Morgan fingerprint density at radius 1 is 1.12 bits per heavy atom. The fourth-order valence-corrected chi connectivity index (χ4v) is 2.84. The van der Waals surface area contributed by atoms with Crippen molar-refractivity contribution in [3.63, 3.8) is 0 Å². The molecule has 3 aromatic carbocycles. The third-order valence-electron chi connectivity index (χ3n) is 3.67. The molecule has 0 aliphatic carbocycles. The second-order valence-electron chi connectivity index (χ2n) is 5.48. The minimum atomic E-state index is -0.343. The number of hydrogen-bond donors (Lipinski definition) is 1. The molecule has 0 saturated heterocycles. The highest BCUT2D eigenvalue weighted by Gasteiger charge is 2.06. The van der Waals surface area contributed by atoms with Gasteiger partial charge in [0.15, 0.2) is 6.61 Å². The van der Waals surface area contributed by atoms with Gasteiger partial charge < -0.3 is 9.47 Å². The third-order valence-corrected chi connectivity index (χ3v) is 4.29. The number of methoxy groups -OCH3 is 1. The fraction of sp³-hybridized carbons (Fsp3) is 0.100. The van der Waals surface area contributed by atoms with Crippen LogP contribution in [0.15, 0.2) is 70.2 Å². The Balaban J connectivity index is 1.54. The summed E-state index contributed by atoms with van der Waals surface area (Å²) in [5.41, 5.74) is 3.36. The molecule has 1 amide bonds. The lowest BCUT2D eigenvalue weighted by atomic mass is 10.1. The van der Waals surface area contributed by atoms with Crippen LogP contribution in [0.2, 0.25) is 0 Å². The molecule has 0 heterocycles. The minimum Gasteiger partial charge on any atom is -0.497 e. The first kappa shape index (κ1) is 17.9. The number of nitrogens with zero attached hydrogens (tertiary/aromatic N) is 1. The molecule has 5 nitrogen and oxygen atoms in total. The maximum absolute atomic E-state index is 11.9. The Kier molecular flexibility index (Phi) is 5.86. The second kappa shape index (κ2) is 8.49. The molecule has 132 valence electrons. The highest BCUT2D eigenvalue weighted by atomic mass is 79.9. The monoisotopic (exact) mass is 412 g/mol. The Labute approximate surface area is 159 Å². The summed E-state index contributed by atoms with van der Waals surface area (Å²) in [6.07, 6.45) is 1.60. The van der Waals surface area contributed by atoms with Gasteiger partial charge in [0.1, 0.15) is 11.5 Å². The molecule has 3 rings (SSSR count). The van der Waals surface area contributed by atoms with E-state index in [1.807, 2.05) is 42.5 Å². The number of hydrogen-bond acceptors (Lipinski definition) is 4. The number of carbonyl (C=O) groups is 1. The molecule has 0 atom stereocenters. The molecule has 0 fully saturated rings. The summed E-state index contributed by atoms with van der Waals surface area (Å²) in [6.45, 7) is -0.139. The molecular weight excluding hydrogens is 396 g/mol. The summed E-state index contributed by atoms with van der Waals surface area (Å²) < 4.78 is 11.3. The van der Waals surface area contributed by atoms with Crippen LogP contribution in [0, 0.1) is 0 Å². The van der Waals surface area contributed by atoms with Gasteiger partial charge in [0.25, 0.3) is 5.91 Å². The van der Waals surface area contributed by atoms with Crippen molar-refractivity contribution in [2.75, 3.05) is 13.7 Å². The van der Waals surface area contributed by atoms with Crippen LogP contribution in [0.4, 0.5) is 0 Å². The number of ether oxygens (including phenoxy) is 2. The molecular formula is C20H17BrN2O3. The number of halogens is 1. The molecule has 0 aromatic heterocycles. The van der Waals surface area contributed by atoms with E-state index >= 15 is 0 Å². The van der Waals surface area contributed by atoms with E-state index in [0.717, 1.165) is 16.3 Å². The summed E-state index contributed by atoms with van der Waals surface area (Å²) in [4.78, 5) is 11.9. The molecule has 0 spiro atoms. The normalized spacial score (nSPS) is 10.8. The van der Waals surface area contributed by atoms with Crippen molar-refractivity contribution in [1.29, 1.82) is 0 Å². The molecule has 3 aromatic rings. The highest BCUT2D eigenvalue weighted by Crippen LogP contribution is 2.28. The quantitative estimate of drug-likeness (QED) is 0.488. The number of carbonyl (C=O) groups excluding carboxylic acids is 1. The van der Waals surface area contributed by atoms with Gasteiger partial charge in [-0.2, -0.15) is 5.10 Å². The molecule has 26 heavy (non-hydrogen) atoms. The minimum absolute atomic E-state index is 0.139. The largest absolute Gasteiger partial charge is 0.497 e. The average molecular weight is 413 g/mol. The Bertz CT molecular complexity index is 957. The van der Waals surface area contributed by atoms with Gasteiger partial charge in [-0.15, -0.1) is 0 Å². The zero-order valence-corrected chi connectivity index (χ0v) is 15.7. The number of benzene rings is 3. The number of rotatable bonds is 6. The summed E-state index contributed by atoms with van der Waals surface area (Å²) in [7, 11) is 1.59. The first-order chi connectivity index (χ1) is 12.7. The zero-order valence-electron chi connectivity index (χ0n) is 14.1. The van der Waals surface area contributed by atoms with E-state index < -0.39 is 0 Å². The number of amides is 1. The van der Waals surface area contributed by atoms with E-state index in [4.69, 9.17) is 9.47 Å². The Morgan fingerprint density at radius 3 is 2.69 bits per heavy atom. The smallest absolute Gasteiger partial charge is 0.277 e. The number of nitrogens with one attached hydrogen (secondary N) is 1. The first-order valence-electron chi connectivity index (χ1n) is 7.93. The van der Waals surface area contributed by atoms with Gasteiger partial charge in [-0.1, -0.05) is 36.4 Å². The molecule has 0 unspecified atom stereocenters. The predicted octanol–water partition coefficient (Wildman–Crippen LogP) is 4.14. The SMILES string of the molecule is COc1ccc(OCC(=O)N/N=C/c2ccc3ccccc3c2)c(Br)c1. The number of hydrazone groups is 1. The Morgan fingerprint density at radius 2 is 1.92 bits per heavy atom. The van der Waals surface area contributed by atoms with Gasteiger partial charge in [0, 0.05) is 0 Å². The van der Waals surface area contributed by atoms with E-state index in [0.29, 0.717) is 16.0 Å². The van der Waals surface area contributed by atoms with Crippen LogP contribution in [0.5, 0.6) is 11.5 Å². The van der Waals surface area contributed by atoms with E-state index in [1.54, 1.807) is 31.5 Å². The number of fused-ring (bicyclic) bond motifs is 1. The molecule has 0 aliphatic heterocycles. The lowest BCUT2D eigenvalue weighted by Crippen LogP contribution is -2.24. The van der Waals surface area contributed by atoms with Crippen molar-refractivity contribution in [2.45, 2.75) is 0 Å². The van der Waals surface area contributed by atoms with Crippen LogP contribution >= 0.6 is 15.9 Å². The summed E-state index contributed by atoms with van der Waals surface area (Å²) in [6, 6.07) is 19.3. The molecule has 1 N–H and O–H groups in total. The van der Waals surface area contributed by atoms with Crippen LogP contribution in [0.25, 0.3) is 10.8 Å². The summed E-state index contributed by atoms with van der Waals surface area (Å²) >= 11 is 3.37. The van der Waals surface area contributed by atoms with Crippen molar-refractivity contribution in [3.05, 3.63) is 70.7 Å². The lowest BCUT2D eigenvalue weighted by molar-refractivity contribution is -0.123. The van der Waals surface area contributed by atoms with Crippen molar-refractivity contribution < 1.29 is 14.3 Å². The maximum atomic E-state index is 11.9. The molecule has 0 aliphatic rings. The van der Waals surface area contributed by atoms with Crippen LogP contribution in [0.3, 0.4) is 0 Å². The van der Waals surface area contributed by atoms with E-state index in [2.05, 4.69) is 26.5 Å². The lowest BCUT2D eigenvalue weighted by Gasteiger charge is -2.08. The van der Waals surface area contributed by atoms with Crippen LogP contribution in [0.1, 0.15) is 5.56 Å². The summed E-state index contributed by atoms with van der Waals surface area (Å²) in [5, 5.41) is 6.25. The van der Waals surface area contributed by atoms with Crippen molar-refractivity contribution in [2.24, 2.45) is 5.10 Å². The van der Waals surface area contributed by atoms with Crippen LogP contribution in [-0.2, 0) is 4.79 Å². The van der Waals surface area contributed by atoms with Crippen LogP contribution in [-0.4, -0.2) is 25.8 Å². The van der Waals surface area contributed by atoms with Gasteiger partial charge in [-0.05, 0) is 56.5 Å². The molecule has 6 heteroatoms. The van der Waals surface area contributed by atoms with Gasteiger partial charge in [-0.25, -0.2) is 5.43 Å². The van der Waals surface area contributed by atoms with Crippen molar-refractivity contribution >= 4 is 38.8 Å². The molecule has 0 bridgehead atoms. The topological polar surface area (TPSA) is 59.9 Å². The van der Waals surface area contributed by atoms with E-state index in [9.17, 15) is 4.79 Å². The standard InChI is InChI=1S/C20H17BrN2O3/c1-25-17-8-9-19(18(21)11-17)26-13-20(24)23-22-12-14-6-7-15-4-2-3-5-16(15)10-14/h2-12H,13H2,1H3,(H,23,24)/b22-12+. The van der Waals surface area contributed by atoms with E-state index in [1.165, 1.54) is 0 Å². The zero-order chi connectivity index (χ0) is 18.4. The molecule has 0 saturated carbocycles. The summed E-state index contributed by atoms with van der Waals surface area (Å²) in [5.74, 6) is 0.915. The van der Waals surface area contributed by atoms with Crippen molar-refractivity contribution in [1.82, 2.24) is 5.43 Å². The van der Waals surface area contributed by atoms with Crippen molar-refractivity contribution in [3.8, 4) is 11.5 Å². The Hall–Kier alpha value is -2.86. The maximum Gasteiger partial charge on any atom is 0.277 e. The fourth-order valence-electron chi connectivity index (χ4n) is 2.37. The average Bonchev–Trinajstić information content (AvgIpc) is 2.67. The predicted molar refractivity (Wildman–Crippen MR) is 106 cm³/mol. The van der Waals surface area contributed by atoms with Crippen LogP contribution < -0.4 is 14.9 Å². The first-order valence-corrected chi connectivity index (χ1v) is 8.72. The molecule has 0 radical (unpaired) electrons. The van der Waals surface area contributed by atoms with Gasteiger partial charge in [0.2, 0.25) is 0 Å². The van der Waals surface area contributed by atoms with Gasteiger partial charge in [0.05, 0.1) is 17.8 Å². The third kappa shape index (κ3) is 4.61. The van der Waals surface area contributed by atoms with Gasteiger partial charge >= 0.3 is 0 Å². The second-order valence-corrected chi connectivity index (χ2v) is 6.34. The van der Waals surface area contributed by atoms with Gasteiger partial charge in [-0.3, -0.25) is 4.79 Å². The highest BCUT2D eigenvalue weighted by molar-refractivity contribution is 9.10.